The van der Waals surface area contributed by atoms with Crippen LogP contribution in [-0.4, -0.2) is 9.55 Å². The number of aromatic nitrogens is 2. The number of aryl methyl sites for hydroxylation is 1. The second kappa shape index (κ2) is 5.29. The van der Waals surface area contributed by atoms with Crippen molar-refractivity contribution in [3.05, 3.63) is 27.4 Å². The highest BCUT2D eigenvalue weighted by Crippen LogP contribution is 2.05. The van der Waals surface area contributed by atoms with Gasteiger partial charge in [-0.3, -0.25) is 9.36 Å². The molecule has 1 aromatic heterocycles. The van der Waals surface area contributed by atoms with Crippen molar-refractivity contribution in [3.63, 3.8) is 0 Å². The molecule has 1 aromatic rings. The third-order valence-electron chi connectivity index (χ3n) is 2.04. The Labute approximate surface area is 92.3 Å². The van der Waals surface area contributed by atoms with E-state index in [1.165, 1.54) is 6.20 Å². The zero-order valence-electron chi connectivity index (χ0n) is 8.53. The van der Waals surface area contributed by atoms with Crippen LogP contribution in [0.5, 0.6) is 0 Å². The fourth-order valence-corrected chi connectivity index (χ4v) is 1.60. The van der Waals surface area contributed by atoms with Gasteiger partial charge >= 0.3 is 0 Å². The van der Waals surface area contributed by atoms with E-state index in [1.807, 2.05) is 0 Å². The summed E-state index contributed by atoms with van der Waals surface area (Å²) < 4.78 is 2.18. The molecule has 0 aliphatic carbocycles. The average molecular weight is 259 g/mol. The number of rotatable bonds is 4. The summed E-state index contributed by atoms with van der Waals surface area (Å²) in [5.41, 5.74) is 0.00348. The van der Waals surface area contributed by atoms with Gasteiger partial charge in [0.1, 0.15) is 4.47 Å². The van der Waals surface area contributed by atoms with E-state index in [1.54, 1.807) is 10.9 Å². The normalized spacial score (nSPS) is 10.9. The Hall–Kier alpha value is -0.640. The third-order valence-corrected chi connectivity index (χ3v) is 2.58. The van der Waals surface area contributed by atoms with Crippen molar-refractivity contribution in [2.75, 3.05) is 0 Å². The Bertz CT molecular complexity index is 346. The molecule has 0 atom stereocenters. The zero-order chi connectivity index (χ0) is 10.6. The van der Waals surface area contributed by atoms with E-state index in [4.69, 9.17) is 0 Å². The van der Waals surface area contributed by atoms with Crippen molar-refractivity contribution in [1.29, 1.82) is 0 Å². The lowest BCUT2D eigenvalue weighted by Gasteiger charge is -2.06. The van der Waals surface area contributed by atoms with E-state index >= 15 is 0 Å². The van der Waals surface area contributed by atoms with Crippen LogP contribution in [-0.2, 0) is 6.54 Å². The minimum Gasteiger partial charge on any atom is -0.298 e. The maximum atomic E-state index is 11.5. The van der Waals surface area contributed by atoms with Crippen LogP contribution in [0.25, 0.3) is 0 Å². The molecule has 1 rings (SSSR count). The Kier molecular flexibility index (Phi) is 4.32. The quantitative estimate of drug-likeness (QED) is 0.832. The number of hydrogen-bond donors (Lipinski definition) is 0. The predicted molar refractivity (Wildman–Crippen MR) is 60.3 cm³/mol. The van der Waals surface area contributed by atoms with Gasteiger partial charge in [-0.2, -0.15) is 0 Å². The fraction of sp³-hybridized carbons (Fsp3) is 0.600. The molecule has 0 fully saturated rings. The Morgan fingerprint density at radius 3 is 2.93 bits per heavy atom. The first kappa shape index (κ1) is 11.4. The van der Waals surface area contributed by atoms with E-state index in [-0.39, 0.29) is 5.56 Å². The second-order valence-electron chi connectivity index (χ2n) is 3.78. The van der Waals surface area contributed by atoms with Crippen LogP contribution in [0.2, 0.25) is 0 Å². The summed E-state index contributed by atoms with van der Waals surface area (Å²) in [7, 11) is 0. The van der Waals surface area contributed by atoms with Crippen LogP contribution in [0.4, 0.5) is 0 Å². The molecule has 3 nitrogen and oxygen atoms in total. The second-order valence-corrected chi connectivity index (χ2v) is 4.63. The summed E-state index contributed by atoms with van der Waals surface area (Å²) >= 11 is 3.17. The highest BCUT2D eigenvalue weighted by atomic mass is 79.9. The lowest BCUT2D eigenvalue weighted by Crippen LogP contribution is -2.20. The van der Waals surface area contributed by atoms with Crippen LogP contribution >= 0.6 is 15.9 Å². The van der Waals surface area contributed by atoms with Crippen LogP contribution < -0.4 is 5.56 Å². The zero-order valence-corrected chi connectivity index (χ0v) is 10.1. The number of nitrogens with zero attached hydrogens (tertiary/aromatic N) is 2. The van der Waals surface area contributed by atoms with Crippen molar-refractivity contribution < 1.29 is 0 Å². The standard InChI is InChI=1S/C10H15BrN2O/c1-8(2)4-3-5-13-7-12-6-9(11)10(13)14/h6-8H,3-5H2,1-2H3. The molecule has 0 aromatic carbocycles. The summed E-state index contributed by atoms with van der Waals surface area (Å²) in [5.74, 6) is 0.686. The molecular weight excluding hydrogens is 244 g/mol. The van der Waals surface area contributed by atoms with Gasteiger partial charge < -0.3 is 0 Å². The lowest BCUT2D eigenvalue weighted by atomic mass is 10.1. The first-order chi connectivity index (χ1) is 6.61. The minimum absolute atomic E-state index is 0.00348. The van der Waals surface area contributed by atoms with E-state index in [0.717, 1.165) is 19.4 Å². The van der Waals surface area contributed by atoms with Gasteiger partial charge in [0, 0.05) is 12.7 Å². The van der Waals surface area contributed by atoms with E-state index in [2.05, 4.69) is 34.8 Å². The molecule has 0 aliphatic heterocycles. The Balaban J connectivity index is 2.59. The van der Waals surface area contributed by atoms with Crippen molar-refractivity contribution in [2.45, 2.75) is 33.2 Å². The van der Waals surface area contributed by atoms with Crippen LogP contribution in [0.15, 0.2) is 21.8 Å². The Morgan fingerprint density at radius 1 is 1.57 bits per heavy atom. The maximum Gasteiger partial charge on any atom is 0.267 e. The molecule has 0 N–H and O–H groups in total. The molecule has 4 heteroatoms. The first-order valence-electron chi connectivity index (χ1n) is 4.81. The fourth-order valence-electron chi connectivity index (χ4n) is 1.25. The number of halogens is 1. The Morgan fingerprint density at radius 2 is 2.29 bits per heavy atom. The van der Waals surface area contributed by atoms with Crippen molar-refractivity contribution >= 4 is 15.9 Å². The molecule has 78 valence electrons. The lowest BCUT2D eigenvalue weighted by molar-refractivity contribution is 0.502. The number of hydrogen-bond acceptors (Lipinski definition) is 2. The largest absolute Gasteiger partial charge is 0.298 e. The van der Waals surface area contributed by atoms with Gasteiger partial charge in [-0.1, -0.05) is 13.8 Å². The summed E-state index contributed by atoms with van der Waals surface area (Å²) in [5, 5.41) is 0. The molecule has 14 heavy (non-hydrogen) atoms. The first-order valence-corrected chi connectivity index (χ1v) is 5.60. The van der Waals surface area contributed by atoms with Crippen LogP contribution in [0.3, 0.4) is 0 Å². The van der Waals surface area contributed by atoms with Gasteiger partial charge in [0.2, 0.25) is 0 Å². The topological polar surface area (TPSA) is 34.9 Å². The highest BCUT2D eigenvalue weighted by molar-refractivity contribution is 9.10. The molecule has 0 spiro atoms. The molecule has 0 unspecified atom stereocenters. The molecule has 0 saturated carbocycles. The smallest absolute Gasteiger partial charge is 0.267 e. The molecule has 0 aliphatic rings. The maximum absolute atomic E-state index is 11.5. The van der Waals surface area contributed by atoms with Gasteiger partial charge in [0.15, 0.2) is 0 Å². The molecule has 0 bridgehead atoms. The summed E-state index contributed by atoms with van der Waals surface area (Å²) in [6.07, 6.45) is 5.28. The molecular formula is C10H15BrN2O. The molecule has 1 heterocycles. The molecule has 0 radical (unpaired) electrons. The van der Waals surface area contributed by atoms with Crippen molar-refractivity contribution in [3.8, 4) is 0 Å². The van der Waals surface area contributed by atoms with E-state index in [9.17, 15) is 4.79 Å². The van der Waals surface area contributed by atoms with Crippen LogP contribution in [0.1, 0.15) is 26.7 Å². The van der Waals surface area contributed by atoms with Gasteiger partial charge in [0.25, 0.3) is 5.56 Å². The molecule has 0 amide bonds. The minimum atomic E-state index is 0.00348. The van der Waals surface area contributed by atoms with E-state index < -0.39 is 0 Å². The van der Waals surface area contributed by atoms with Crippen LogP contribution in [0, 0.1) is 5.92 Å². The highest BCUT2D eigenvalue weighted by Gasteiger charge is 2.00. The van der Waals surface area contributed by atoms with Gasteiger partial charge in [-0.15, -0.1) is 0 Å². The van der Waals surface area contributed by atoms with E-state index in [0.29, 0.717) is 10.4 Å². The summed E-state index contributed by atoms with van der Waals surface area (Å²) in [4.78, 5) is 15.5. The predicted octanol–water partition coefficient (Wildman–Crippen LogP) is 2.44. The van der Waals surface area contributed by atoms with Crippen molar-refractivity contribution in [2.24, 2.45) is 5.92 Å². The van der Waals surface area contributed by atoms with Gasteiger partial charge in [0.05, 0.1) is 6.33 Å². The third kappa shape index (κ3) is 3.25. The SMILES string of the molecule is CC(C)CCCn1cncc(Br)c1=O. The van der Waals surface area contributed by atoms with Gasteiger partial charge in [-0.05, 0) is 34.7 Å². The van der Waals surface area contributed by atoms with Crippen molar-refractivity contribution in [1.82, 2.24) is 9.55 Å². The monoisotopic (exact) mass is 258 g/mol. The molecule has 0 saturated heterocycles. The summed E-state index contributed by atoms with van der Waals surface area (Å²) in [6.45, 7) is 5.12. The van der Waals surface area contributed by atoms with Gasteiger partial charge in [-0.25, -0.2) is 4.98 Å². The summed E-state index contributed by atoms with van der Waals surface area (Å²) in [6, 6.07) is 0. The average Bonchev–Trinajstić information content (AvgIpc) is 2.12.